The largest absolute Gasteiger partial charge is 0.493 e. The van der Waals surface area contributed by atoms with Crippen molar-refractivity contribution in [3.05, 3.63) is 47.8 Å². The maximum atomic E-state index is 12.6. The van der Waals surface area contributed by atoms with E-state index in [1.807, 2.05) is 12.1 Å². The van der Waals surface area contributed by atoms with Gasteiger partial charge in [0, 0.05) is 38.6 Å². The summed E-state index contributed by atoms with van der Waals surface area (Å²) in [6.07, 6.45) is 3.72. The highest BCUT2D eigenvalue weighted by atomic mass is 16.5. The third-order valence-electron chi connectivity index (χ3n) is 4.57. The van der Waals surface area contributed by atoms with Crippen LogP contribution in [0.2, 0.25) is 0 Å². The molecule has 1 fully saturated rings. The Morgan fingerprint density at radius 1 is 1.00 bits per heavy atom. The zero-order chi connectivity index (χ0) is 18.5. The lowest BCUT2D eigenvalue weighted by atomic mass is 10.1. The number of hydrogen-bond donors (Lipinski definition) is 1. The minimum Gasteiger partial charge on any atom is -0.493 e. The molecule has 0 spiro atoms. The van der Waals surface area contributed by atoms with Gasteiger partial charge in [-0.15, -0.1) is 0 Å². The highest BCUT2D eigenvalue weighted by Gasteiger charge is 2.25. The molecule has 7 nitrogen and oxygen atoms in total. The number of piperazine rings is 1. The van der Waals surface area contributed by atoms with Gasteiger partial charge in [0.25, 0.3) is 5.91 Å². The molecule has 1 aliphatic rings. The second kappa shape index (κ2) is 7.95. The average Bonchev–Trinajstić information content (AvgIpc) is 3.22. The van der Waals surface area contributed by atoms with Crippen LogP contribution >= 0.6 is 0 Å². The molecule has 2 amide bonds. The smallest absolute Gasteiger partial charge is 0.255 e. The Labute approximate surface area is 152 Å². The number of amides is 2. The van der Waals surface area contributed by atoms with Gasteiger partial charge in [0.1, 0.15) is 0 Å². The molecule has 2 heterocycles. The van der Waals surface area contributed by atoms with Gasteiger partial charge in [-0.2, -0.15) is 0 Å². The van der Waals surface area contributed by atoms with Crippen molar-refractivity contribution in [2.45, 2.75) is 6.42 Å². The van der Waals surface area contributed by atoms with Gasteiger partial charge in [-0.3, -0.25) is 9.59 Å². The molecule has 0 atom stereocenters. The maximum absolute atomic E-state index is 12.6. The summed E-state index contributed by atoms with van der Waals surface area (Å²) >= 11 is 0. The van der Waals surface area contributed by atoms with Crippen LogP contribution in [0, 0.1) is 0 Å². The molecule has 1 saturated heterocycles. The first-order valence-corrected chi connectivity index (χ1v) is 8.53. The molecule has 0 unspecified atom stereocenters. The quantitative estimate of drug-likeness (QED) is 0.881. The Balaban J connectivity index is 1.56. The molecule has 1 aromatic carbocycles. The van der Waals surface area contributed by atoms with Gasteiger partial charge >= 0.3 is 0 Å². The molecule has 7 heteroatoms. The second-order valence-corrected chi connectivity index (χ2v) is 6.14. The van der Waals surface area contributed by atoms with E-state index in [2.05, 4.69) is 4.98 Å². The highest BCUT2D eigenvalue weighted by molar-refractivity contribution is 5.94. The fourth-order valence-corrected chi connectivity index (χ4v) is 3.08. The molecular weight excluding hydrogens is 334 g/mol. The van der Waals surface area contributed by atoms with Gasteiger partial charge in [-0.1, -0.05) is 6.07 Å². The van der Waals surface area contributed by atoms with E-state index in [1.54, 1.807) is 48.5 Å². The van der Waals surface area contributed by atoms with Crippen LogP contribution in [-0.4, -0.2) is 67.0 Å². The first-order chi connectivity index (χ1) is 12.6. The van der Waals surface area contributed by atoms with E-state index in [0.29, 0.717) is 49.7 Å². The van der Waals surface area contributed by atoms with E-state index >= 15 is 0 Å². The van der Waals surface area contributed by atoms with Crippen LogP contribution in [0.4, 0.5) is 0 Å². The fourth-order valence-electron chi connectivity index (χ4n) is 3.08. The number of rotatable bonds is 5. The van der Waals surface area contributed by atoms with Gasteiger partial charge in [0.05, 0.1) is 26.2 Å². The van der Waals surface area contributed by atoms with Gasteiger partial charge in [0.2, 0.25) is 5.91 Å². The second-order valence-electron chi connectivity index (χ2n) is 6.14. The van der Waals surface area contributed by atoms with Crippen molar-refractivity contribution >= 4 is 11.8 Å². The Morgan fingerprint density at radius 3 is 2.31 bits per heavy atom. The third-order valence-corrected chi connectivity index (χ3v) is 4.57. The zero-order valence-corrected chi connectivity index (χ0v) is 15.0. The van der Waals surface area contributed by atoms with Crippen molar-refractivity contribution in [2.75, 3.05) is 40.4 Å². The maximum Gasteiger partial charge on any atom is 0.255 e. The Hall–Kier alpha value is -2.96. The first-order valence-electron chi connectivity index (χ1n) is 8.53. The summed E-state index contributed by atoms with van der Waals surface area (Å²) in [5.41, 5.74) is 1.52. The van der Waals surface area contributed by atoms with E-state index in [0.717, 1.165) is 5.56 Å². The standard InChI is InChI=1S/C19H23N3O4/c1-25-16-4-3-14(11-17(16)26-2)12-18(23)21-7-9-22(10-8-21)19(24)15-5-6-20-13-15/h3-6,11,13,20H,7-10,12H2,1-2H3. The molecule has 0 radical (unpaired) electrons. The number of aromatic nitrogens is 1. The Bertz CT molecular complexity index is 765. The van der Waals surface area contributed by atoms with E-state index < -0.39 is 0 Å². The SMILES string of the molecule is COc1ccc(CC(=O)N2CCN(C(=O)c3cc[nH]c3)CC2)cc1OC. The molecule has 138 valence electrons. The lowest BCUT2D eigenvalue weighted by Crippen LogP contribution is -2.50. The van der Waals surface area contributed by atoms with Gasteiger partial charge in [0.15, 0.2) is 11.5 Å². The molecule has 2 aromatic rings. The van der Waals surface area contributed by atoms with E-state index in [-0.39, 0.29) is 11.8 Å². The van der Waals surface area contributed by atoms with Crippen LogP contribution in [-0.2, 0) is 11.2 Å². The van der Waals surface area contributed by atoms with Crippen molar-refractivity contribution in [1.29, 1.82) is 0 Å². The number of carbonyl (C=O) groups is 2. The summed E-state index contributed by atoms with van der Waals surface area (Å²) < 4.78 is 10.5. The molecule has 0 saturated carbocycles. The molecule has 26 heavy (non-hydrogen) atoms. The molecule has 1 aromatic heterocycles. The predicted molar refractivity (Wildman–Crippen MR) is 96.5 cm³/mol. The van der Waals surface area contributed by atoms with E-state index in [4.69, 9.17) is 9.47 Å². The normalized spacial score (nSPS) is 14.2. The average molecular weight is 357 g/mol. The summed E-state index contributed by atoms with van der Waals surface area (Å²) in [5, 5.41) is 0. The number of nitrogens with one attached hydrogen (secondary N) is 1. The van der Waals surface area contributed by atoms with Gasteiger partial charge in [-0.05, 0) is 23.8 Å². The number of aromatic amines is 1. The van der Waals surface area contributed by atoms with Crippen LogP contribution in [0.25, 0.3) is 0 Å². The van der Waals surface area contributed by atoms with Crippen molar-refractivity contribution < 1.29 is 19.1 Å². The van der Waals surface area contributed by atoms with Crippen LogP contribution in [0.15, 0.2) is 36.7 Å². The Morgan fingerprint density at radius 2 is 1.69 bits per heavy atom. The number of carbonyl (C=O) groups excluding carboxylic acids is 2. The summed E-state index contributed by atoms with van der Waals surface area (Å²) in [5.74, 6) is 1.30. The molecule has 0 aliphatic carbocycles. The molecule has 1 aliphatic heterocycles. The number of hydrogen-bond acceptors (Lipinski definition) is 4. The van der Waals surface area contributed by atoms with Gasteiger partial charge < -0.3 is 24.3 Å². The fraction of sp³-hybridized carbons (Fsp3) is 0.368. The summed E-state index contributed by atoms with van der Waals surface area (Å²) in [4.78, 5) is 31.4. The minimum atomic E-state index is -0.00163. The summed E-state index contributed by atoms with van der Waals surface area (Å²) in [7, 11) is 3.15. The topological polar surface area (TPSA) is 74.9 Å². The Kier molecular flexibility index (Phi) is 5.46. The number of nitrogens with zero attached hydrogens (tertiary/aromatic N) is 2. The lowest BCUT2D eigenvalue weighted by molar-refractivity contribution is -0.131. The van der Waals surface area contributed by atoms with Gasteiger partial charge in [-0.25, -0.2) is 0 Å². The molecular formula is C19H23N3O4. The van der Waals surface area contributed by atoms with Crippen molar-refractivity contribution in [1.82, 2.24) is 14.8 Å². The number of ether oxygens (including phenoxy) is 2. The lowest BCUT2D eigenvalue weighted by Gasteiger charge is -2.34. The predicted octanol–water partition coefficient (Wildman–Crippen LogP) is 1.56. The van der Waals surface area contributed by atoms with E-state index in [1.165, 1.54) is 0 Å². The number of benzene rings is 1. The van der Waals surface area contributed by atoms with Crippen molar-refractivity contribution in [3.8, 4) is 11.5 Å². The number of H-pyrrole nitrogens is 1. The monoisotopic (exact) mass is 357 g/mol. The van der Waals surface area contributed by atoms with Crippen LogP contribution < -0.4 is 9.47 Å². The van der Waals surface area contributed by atoms with Crippen LogP contribution in [0.1, 0.15) is 15.9 Å². The molecule has 1 N–H and O–H groups in total. The highest BCUT2D eigenvalue weighted by Crippen LogP contribution is 2.27. The molecule has 3 rings (SSSR count). The summed E-state index contributed by atoms with van der Waals surface area (Å²) in [6, 6.07) is 7.25. The minimum absolute atomic E-state index is 0.00163. The van der Waals surface area contributed by atoms with Crippen molar-refractivity contribution in [3.63, 3.8) is 0 Å². The first kappa shape index (κ1) is 17.8. The molecule has 0 bridgehead atoms. The van der Waals surface area contributed by atoms with Crippen molar-refractivity contribution in [2.24, 2.45) is 0 Å². The number of methoxy groups -OCH3 is 2. The van der Waals surface area contributed by atoms with Crippen LogP contribution in [0.5, 0.6) is 11.5 Å². The zero-order valence-electron chi connectivity index (χ0n) is 15.0. The third kappa shape index (κ3) is 3.82. The summed E-state index contributed by atoms with van der Waals surface area (Å²) in [6.45, 7) is 2.17. The van der Waals surface area contributed by atoms with Crippen LogP contribution in [0.3, 0.4) is 0 Å². The van der Waals surface area contributed by atoms with E-state index in [9.17, 15) is 9.59 Å².